The van der Waals surface area contributed by atoms with Crippen molar-refractivity contribution >= 4 is 23.4 Å². The molecule has 1 rings (SSSR count). The van der Waals surface area contributed by atoms with Crippen LogP contribution in [-0.2, 0) is 9.53 Å². The van der Waals surface area contributed by atoms with Crippen LogP contribution in [0.2, 0.25) is 5.02 Å². The molecule has 0 aliphatic carbocycles. The maximum atomic E-state index is 12.3. The summed E-state index contributed by atoms with van der Waals surface area (Å²) in [6.07, 6.45) is 0.919. The fraction of sp³-hybridized carbons (Fsp3) is 0.556. The van der Waals surface area contributed by atoms with Crippen molar-refractivity contribution in [3.05, 3.63) is 34.9 Å². The number of nitrogens with one attached hydrogen (secondary N) is 2. The van der Waals surface area contributed by atoms with E-state index in [9.17, 15) is 9.59 Å². The third-order valence-corrected chi connectivity index (χ3v) is 3.67. The minimum atomic E-state index is -0.584. The fourth-order valence-corrected chi connectivity index (χ4v) is 2.20. The van der Waals surface area contributed by atoms with Gasteiger partial charge in [-0.25, -0.2) is 0 Å². The van der Waals surface area contributed by atoms with E-state index in [1.54, 1.807) is 24.3 Å². The maximum absolute atomic E-state index is 12.3. The molecule has 5 nitrogen and oxygen atoms in total. The summed E-state index contributed by atoms with van der Waals surface area (Å²) in [4.78, 5) is 24.6. The normalized spacial score (nSPS) is 12.3. The van der Waals surface area contributed by atoms with Gasteiger partial charge < -0.3 is 15.4 Å². The lowest BCUT2D eigenvalue weighted by Crippen LogP contribution is -2.50. The SMILES string of the molecule is CC(C)OCCCNC(=O)[C@H](NC(=O)c1ccc(Cl)cc1)C(C)C. The van der Waals surface area contributed by atoms with Gasteiger partial charge in [0.25, 0.3) is 5.91 Å². The predicted octanol–water partition coefficient (Wildman–Crippen LogP) is 3.03. The summed E-state index contributed by atoms with van der Waals surface area (Å²) in [5.41, 5.74) is 0.475. The van der Waals surface area contributed by atoms with E-state index < -0.39 is 6.04 Å². The zero-order valence-corrected chi connectivity index (χ0v) is 15.5. The second-order valence-corrected chi connectivity index (χ2v) is 6.70. The highest BCUT2D eigenvalue weighted by Gasteiger charge is 2.24. The number of rotatable bonds is 9. The largest absolute Gasteiger partial charge is 0.379 e. The molecule has 1 aromatic carbocycles. The van der Waals surface area contributed by atoms with Crippen LogP contribution in [0.25, 0.3) is 0 Å². The van der Waals surface area contributed by atoms with Gasteiger partial charge in [-0.3, -0.25) is 9.59 Å². The molecule has 0 unspecified atom stereocenters. The van der Waals surface area contributed by atoms with Crippen LogP contribution in [-0.4, -0.2) is 37.1 Å². The van der Waals surface area contributed by atoms with Gasteiger partial charge in [0.2, 0.25) is 5.91 Å². The first-order chi connectivity index (χ1) is 11.3. The molecule has 0 radical (unpaired) electrons. The second kappa shape index (κ2) is 10.3. The van der Waals surface area contributed by atoms with E-state index in [2.05, 4.69) is 10.6 Å². The molecule has 134 valence electrons. The number of halogens is 1. The Morgan fingerprint density at radius 2 is 1.75 bits per heavy atom. The zero-order chi connectivity index (χ0) is 18.1. The molecule has 0 heterocycles. The molecule has 0 spiro atoms. The highest BCUT2D eigenvalue weighted by Crippen LogP contribution is 2.10. The number of ether oxygens (including phenoxy) is 1. The van der Waals surface area contributed by atoms with Crippen LogP contribution in [0.4, 0.5) is 0 Å². The van der Waals surface area contributed by atoms with Crippen LogP contribution in [0.15, 0.2) is 24.3 Å². The monoisotopic (exact) mass is 354 g/mol. The Balaban J connectivity index is 2.52. The number of carbonyl (C=O) groups is 2. The molecule has 2 amide bonds. The van der Waals surface area contributed by atoms with Gasteiger partial charge in [-0.1, -0.05) is 25.4 Å². The quantitative estimate of drug-likeness (QED) is 0.670. The Kier molecular flexibility index (Phi) is 8.79. The first-order valence-electron chi connectivity index (χ1n) is 8.27. The molecule has 0 bridgehead atoms. The average Bonchev–Trinajstić information content (AvgIpc) is 2.51. The number of amides is 2. The summed E-state index contributed by atoms with van der Waals surface area (Å²) in [5.74, 6) is -0.492. The molecule has 0 saturated heterocycles. The molecular formula is C18H27ClN2O3. The van der Waals surface area contributed by atoms with Crippen molar-refractivity contribution in [1.29, 1.82) is 0 Å². The summed E-state index contributed by atoms with van der Waals surface area (Å²) >= 11 is 5.82. The first kappa shape index (κ1) is 20.5. The molecule has 0 aliphatic heterocycles. The van der Waals surface area contributed by atoms with Gasteiger partial charge in [0.1, 0.15) is 6.04 Å². The topological polar surface area (TPSA) is 67.4 Å². The van der Waals surface area contributed by atoms with Crippen LogP contribution >= 0.6 is 11.6 Å². The Bertz CT molecular complexity index is 530. The van der Waals surface area contributed by atoms with Gasteiger partial charge in [0.15, 0.2) is 0 Å². The van der Waals surface area contributed by atoms with Crippen molar-refractivity contribution in [2.45, 2.75) is 46.3 Å². The second-order valence-electron chi connectivity index (χ2n) is 6.27. The minimum absolute atomic E-state index is 0.0202. The molecule has 24 heavy (non-hydrogen) atoms. The summed E-state index contributed by atoms with van der Waals surface area (Å²) < 4.78 is 5.43. The number of hydrogen-bond donors (Lipinski definition) is 2. The van der Waals surface area contributed by atoms with Crippen molar-refractivity contribution in [2.24, 2.45) is 5.92 Å². The average molecular weight is 355 g/mol. The number of carbonyl (C=O) groups excluding carboxylic acids is 2. The van der Waals surface area contributed by atoms with E-state index in [0.717, 1.165) is 6.42 Å². The molecule has 0 aromatic heterocycles. The molecule has 1 aromatic rings. The Labute approximate surface area is 149 Å². The smallest absolute Gasteiger partial charge is 0.251 e. The third-order valence-electron chi connectivity index (χ3n) is 3.41. The summed E-state index contributed by atoms with van der Waals surface area (Å²) in [6, 6.07) is 5.98. The molecule has 0 fully saturated rings. The summed E-state index contributed by atoms with van der Waals surface area (Å²) in [6.45, 7) is 8.86. The third kappa shape index (κ3) is 7.32. The van der Waals surface area contributed by atoms with Gasteiger partial charge in [-0.15, -0.1) is 0 Å². The molecule has 6 heteroatoms. The van der Waals surface area contributed by atoms with E-state index >= 15 is 0 Å². The van der Waals surface area contributed by atoms with Crippen LogP contribution < -0.4 is 10.6 Å². The fourth-order valence-electron chi connectivity index (χ4n) is 2.07. The van der Waals surface area contributed by atoms with Crippen LogP contribution in [0.1, 0.15) is 44.5 Å². The van der Waals surface area contributed by atoms with Crippen molar-refractivity contribution in [3.8, 4) is 0 Å². The summed E-state index contributed by atoms with van der Waals surface area (Å²) in [7, 11) is 0. The molecule has 0 aliphatic rings. The van der Waals surface area contributed by atoms with Gasteiger partial charge in [0, 0.05) is 23.7 Å². The van der Waals surface area contributed by atoms with Crippen LogP contribution in [0, 0.1) is 5.92 Å². The standard InChI is InChI=1S/C18H27ClN2O3/c1-12(2)16(18(23)20-10-5-11-24-13(3)4)21-17(22)14-6-8-15(19)9-7-14/h6-9,12-13,16H,5,10-11H2,1-4H3,(H,20,23)(H,21,22)/t16-/m1/s1. The Morgan fingerprint density at radius 3 is 2.29 bits per heavy atom. The van der Waals surface area contributed by atoms with Crippen molar-refractivity contribution in [3.63, 3.8) is 0 Å². The Morgan fingerprint density at radius 1 is 1.12 bits per heavy atom. The Hall–Kier alpha value is -1.59. The van der Waals surface area contributed by atoms with Crippen LogP contribution in [0.3, 0.4) is 0 Å². The number of hydrogen-bond acceptors (Lipinski definition) is 3. The van der Waals surface area contributed by atoms with Gasteiger partial charge in [-0.2, -0.15) is 0 Å². The summed E-state index contributed by atoms with van der Waals surface area (Å²) in [5, 5.41) is 6.20. The molecule has 0 saturated carbocycles. The lowest BCUT2D eigenvalue weighted by atomic mass is 10.0. The predicted molar refractivity (Wildman–Crippen MR) is 96.3 cm³/mol. The van der Waals surface area contributed by atoms with Crippen molar-refractivity contribution in [2.75, 3.05) is 13.2 Å². The highest BCUT2D eigenvalue weighted by molar-refractivity contribution is 6.30. The van der Waals surface area contributed by atoms with E-state index in [-0.39, 0.29) is 23.8 Å². The van der Waals surface area contributed by atoms with Gasteiger partial charge in [0.05, 0.1) is 6.10 Å². The van der Waals surface area contributed by atoms with E-state index in [4.69, 9.17) is 16.3 Å². The zero-order valence-electron chi connectivity index (χ0n) is 14.8. The number of benzene rings is 1. The van der Waals surface area contributed by atoms with Crippen molar-refractivity contribution < 1.29 is 14.3 Å². The minimum Gasteiger partial charge on any atom is -0.379 e. The first-order valence-corrected chi connectivity index (χ1v) is 8.64. The van der Waals surface area contributed by atoms with E-state index in [1.807, 2.05) is 27.7 Å². The molecule has 1 atom stereocenters. The van der Waals surface area contributed by atoms with Gasteiger partial charge >= 0.3 is 0 Å². The lowest BCUT2D eigenvalue weighted by Gasteiger charge is -2.22. The van der Waals surface area contributed by atoms with Crippen molar-refractivity contribution in [1.82, 2.24) is 10.6 Å². The lowest BCUT2D eigenvalue weighted by molar-refractivity contribution is -0.124. The van der Waals surface area contributed by atoms with Crippen LogP contribution in [0.5, 0.6) is 0 Å². The van der Waals surface area contributed by atoms with E-state index in [0.29, 0.717) is 23.7 Å². The molecular weight excluding hydrogens is 328 g/mol. The van der Waals surface area contributed by atoms with E-state index in [1.165, 1.54) is 0 Å². The van der Waals surface area contributed by atoms with Gasteiger partial charge in [-0.05, 0) is 50.5 Å². The highest BCUT2D eigenvalue weighted by atomic mass is 35.5. The molecule has 2 N–H and O–H groups in total. The maximum Gasteiger partial charge on any atom is 0.251 e.